The van der Waals surface area contributed by atoms with Crippen LogP contribution < -0.4 is 31.2 Å². The summed E-state index contributed by atoms with van der Waals surface area (Å²) in [6.07, 6.45) is 1.94. The topological polar surface area (TPSA) is 72.7 Å². The van der Waals surface area contributed by atoms with Crippen molar-refractivity contribution in [2.45, 2.75) is 17.8 Å². The van der Waals surface area contributed by atoms with Crippen LogP contribution in [0, 0.1) is 22.5 Å². The zero-order valence-electron chi connectivity index (χ0n) is 15.6. The van der Waals surface area contributed by atoms with Crippen molar-refractivity contribution in [3.63, 3.8) is 0 Å². The maximum absolute atomic E-state index is 14.2. The zero-order valence-corrected chi connectivity index (χ0v) is 19.3. The summed E-state index contributed by atoms with van der Waals surface area (Å²) in [6, 6.07) is 5.40. The Bertz CT molecular complexity index is 961. The van der Waals surface area contributed by atoms with Crippen molar-refractivity contribution in [1.29, 1.82) is 0 Å². The molecule has 0 atom stereocenters. The number of nitrogens with zero attached hydrogens (tertiary/aromatic N) is 1. The molecule has 0 saturated heterocycles. The molecule has 0 bridgehead atoms. The van der Waals surface area contributed by atoms with Crippen molar-refractivity contribution in [2.75, 3.05) is 16.9 Å². The first-order chi connectivity index (χ1) is 13.1. The Morgan fingerprint density at radius 3 is 2.61 bits per heavy atom. The average molecular weight is 544 g/mol. The first-order valence-corrected chi connectivity index (χ1v) is 13.5. The van der Waals surface area contributed by atoms with Crippen molar-refractivity contribution in [3.8, 4) is 16.8 Å². The molecular formula is C18H19ClF2IN2O3S-3. The molecule has 5 nitrogen and oxygen atoms in total. The van der Waals surface area contributed by atoms with E-state index in [0.29, 0.717) is 5.56 Å². The number of hydrogen-bond donors (Lipinski definition) is 1. The van der Waals surface area contributed by atoms with Gasteiger partial charge >= 0.3 is 181 Å². The fourth-order valence-corrected chi connectivity index (χ4v) is 4.29. The van der Waals surface area contributed by atoms with Gasteiger partial charge in [-0.2, -0.15) is 0 Å². The van der Waals surface area contributed by atoms with Crippen LogP contribution in [0.15, 0.2) is 24.3 Å². The Morgan fingerprint density at radius 1 is 1.36 bits per heavy atom. The minimum absolute atomic E-state index is 0.0326. The van der Waals surface area contributed by atoms with Crippen LogP contribution in [0.3, 0.4) is 0 Å². The Balaban J connectivity index is 2.56. The summed E-state index contributed by atoms with van der Waals surface area (Å²) in [4.78, 5) is 5.67. The molecule has 10 heteroatoms. The van der Waals surface area contributed by atoms with Crippen LogP contribution in [0.5, 0.6) is 11.6 Å². The number of rotatable bonds is 5. The van der Waals surface area contributed by atoms with Gasteiger partial charge in [-0.3, -0.25) is 0 Å². The Hall–Kier alpha value is -0.940. The van der Waals surface area contributed by atoms with Crippen LogP contribution in [0.25, 0.3) is 0 Å². The molecule has 156 valence electrons. The number of alkyl halides is 4. The van der Waals surface area contributed by atoms with Gasteiger partial charge in [0, 0.05) is 0 Å². The molecule has 1 N–H and O–H groups in total. The second kappa shape index (κ2) is 9.71. The van der Waals surface area contributed by atoms with Gasteiger partial charge in [-0.15, -0.1) is 0 Å². The van der Waals surface area contributed by atoms with Crippen molar-refractivity contribution in [2.24, 2.45) is 0 Å². The fraction of sp³-hybridized carbons (Fsp3) is 0.333. The first-order valence-electron chi connectivity index (χ1n) is 8.07. The molecule has 0 aliphatic heterocycles. The second-order valence-electron chi connectivity index (χ2n) is 5.72. The van der Waals surface area contributed by atoms with Gasteiger partial charge in [0.15, 0.2) is 0 Å². The predicted molar refractivity (Wildman–Crippen MR) is 104 cm³/mol. The summed E-state index contributed by atoms with van der Waals surface area (Å²) in [5, 5.41) is 24.4. The van der Waals surface area contributed by atoms with E-state index < -0.39 is 30.4 Å². The van der Waals surface area contributed by atoms with E-state index in [1.165, 1.54) is 36.1 Å². The Kier molecular flexibility index (Phi) is 8.09. The summed E-state index contributed by atoms with van der Waals surface area (Å²) in [5.41, 5.74) is 0.195. The van der Waals surface area contributed by atoms with Gasteiger partial charge in [-0.1, -0.05) is 0 Å². The van der Waals surface area contributed by atoms with Gasteiger partial charge in [0.25, 0.3) is 0 Å². The van der Waals surface area contributed by atoms with E-state index >= 15 is 0 Å². The zero-order chi connectivity index (χ0) is 21.1. The number of nitrogens with one attached hydrogen (secondary N) is 1. The van der Waals surface area contributed by atoms with E-state index in [2.05, 4.69) is 10.2 Å². The standard InChI is InChI=1S/C18H19ClF2IN2O3S/c1-5-28(4)10-12-8-16(24(25)26)11(2)23-17(12)27-13-6-7-15(19)14(9-13)18(20,21)22-3/h6-9,24H,5H2,1-4H3/q-3. The third-order valence-corrected chi connectivity index (χ3v) is 7.51. The Morgan fingerprint density at radius 2 is 2.04 bits per heavy atom. The van der Waals surface area contributed by atoms with Crippen LogP contribution in [0.4, 0.5) is 14.5 Å². The van der Waals surface area contributed by atoms with E-state index in [4.69, 9.17) is 16.3 Å². The van der Waals surface area contributed by atoms with E-state index in [1.54, 1.807) is 0 Å². The molecule has 1 aromatic carbocycles. The third kappa shape index (κ3) is 5.56. The molecule has 1 aromatic heterocycles. The molecule has 0 fully saturated rings. The molecule has 0 spiro atoms. The molecule has 0 aliphatic carbocycles. The normalized spacial score (nSPS) is 12.0. The van der Waals surface area contributed by atoms with Crippen LogP contribution >= 0.6 is 11.6 Å². The molecule has 0 unspecified atom stereocenters. The van der Waals surface area contributed by atoms with Gasteiger partial charge < -0.3 is 0 Å². The summed E-state index contributed by atoms with van der Waals surface area (Å²) < 4.78 is 31.1. The number of pyridine rings is 1. The monoisotopic (exact) mass is 543 g/mol. The third-order valence-electron chi connectivity index (χ3n) is 3.81. The van der Waals surface area contributed by atoms with Gasteiger partial charge in [-0.05, 0) is 0 Å². The van der Waals surface area contributed by atoms with Crippen LogP contribution in [-0.4, -0.2) is 21.9 Å². The molecule has 2 rings (SSSR count). The SMILES string of the molecule is CC[S-](C)#Cc1cc([NH+]([O-])[O-])c(C)nc1Oc1ccc(Cl)c(C(F)(F)[I-]C)c1. The number of halogens is 4. The maximum atomic E-state index is 14.2. The van der Waals surface area contributed by atoms with Crippen molar-refractivity contribution in [1.82, 2.24) is 4.98 Å². The molecule has 0 amide bonds. The average Bonchev–Trinajstić information content (AvgIpc) is 2.64. The number of benzene rings is 1. The van der Waals surface area contributed by atoms with E-state index in [-0.39, 0.29) is 43.9 Å². The molecular weight excluding hydrogens is 525 g/mol. The number of hydrogen-bond acceptors (Lipinski definition) is 5. The van der Waals surface area contributed by atoms with E-state index in [0.717, 1.165) is 5.75 Å². The van der Waals surface area contributed by atoms with Gasteiger partial charge in [0.2, 0.25) is 0 Å². The Labute approximate surface area is 180 Å². The summed E-state index contributed by atoms with van der Waals surface area (Å²) >= 11 is 4.53. The molecule has 0 aliphatic rings. The second-order valence-corrected chi connectivity index (χ2v) is 10.6. The van der Waals surface area contributed by atoms with Gasteiger partial charge in [-0.25, -0.2) is 0 Å². The molecule has 1 heterocycles. The quantitative estimate of drug-likeness (QED) is 0.261. The van der Waals surface area contributed by atoms with Crippen LogP contribution in [0.1, 0.15) is 23.7 Å². The predicted octanol–water partition coefficient (Wildman–Crippen LogP) is 0.691. The molecule has 28 heavy (non-hydrogen) atoms. The van der Waals surface area contributed by atoms with Crippen molar-refractivity contribution >= 4 is 27.6 Å². The number of ether oxygens (including phenoxy) is 1. The van der Waals surface area contributed by atoms with Gasteiger partial charge in [0.1, 0.15) is 0 Å². The summed E-state index contributed by atoms with van der Waals surface area (Å²) in [5.74, 6) is 1.03. The van der Waals surface area contributed by atoms with Crippen LogP contribution in [0.2, 0.25) is 5.02 Å². The number of aromatic nitrogens is 1. The molecule has 0 saturated carbocycles. The minimum atomic E-state index is -2.99. The van der Waals surface area contributed by atoms with Crippen LogP contribution in [-0.2, 0) is 14.2 Å². The number of quaternary nitrogens is 1. The summed E-state index contributed by atoms with van der Waals surface area (Å²) in [7, 11) is -0.268. The van der Waals surface area contributed by atoms with Crippen molar-refractivity contribution in [3.05, 3.63) is 56.5 Å². The van der Waals surface area contributed by atoms with E-state index in [1.807, 2.05) is 13.2 Å². The molecule has 2 aromatic rings. The molecule has 0 radical (unpaired) electrons. The van der Waals surface area contributed by atoms with Crippen molar-refractivity contribution < 1.29 is 39.9 Å². The summed E-state index contributed by atoms with van der Waals surface area (Å²) in [6.45, 7) is 3.48. The fourth-order valence-electron chi connectivity index (χ4n) is 2.20. The first kappa shape index (κ1) is 23.3. The number of aryl methyl sites for hydroxylation is 1. The van der Waals surface area contributed by atoms with Gasteiger partial charge in [0.05, 0.1) is 0 Å². The van der Waals surface area contributed by atoms with E-state index in [9.17, 15) is 19.2 Å².